The van der Waals surface area contributed by atoms with Crippen LogP contribution in [-0.4, -0.2) is 5.91 Å². The molecule has 1 amide bonds. The predicted octanol–water partition coefficient (Wildman–Crippen LogP) is 1.98. The first-order chi connectivity index (χ1) is 6.09. The molecule has 0 saturated carbocycles. The molecule has 1 rings (SSSR count). The molecule has 0 bridgehead atoms. The van der Waals surface area contributed by atoms with Gasteiger partial charge in [-0.1, -0.05) is 17.7 Å². The Labute approximate surface area is 79.8 Å². The average molecular weight is 200 g/mol. The van der Waals surface area contributed by atoms with Crippen LogP contribution in [0.2, 0.25) is 5.02 Å². The number of carbonyl (C=O) groups excluding carboxylic acids is 1. The zero-order valence-electron chi connectivity index (χ0n) is 6.63. The van der Waals surface area contributed by atoms with Crippen LogP contribution in [0.15, 0.2) is 24.3 Å². The zero-order chi connectivity index (χ0) is 9.84. The lowest BCUT2D eigenvalue weighted by Gasteiger charge is -1.95. The summed E-state index contributed by atoms with van der Waals surface area (Å²) in [7, 11) is 0. The van der Waals surface area contributed by atoms with Gasteiger partial charge in [-0.25, -0.2) is 4.39 Å². The molecule has 13 heavy (non-hydrogen) atoms. The number of hydrogen-bond acceptors (Lipinski definition) is 1. The van der Waals surface area contributed by atoms with Gasteiger partial charge in [-0.3, -0.25) is 4.79 Å². The standard InChI is InChI=1S/C9H7ClFNO/c10-7-5-6(1-3-8(7)11)2-4-9(12)13/h1-5H,(H2,12,13)/b4-2+. The lowest BCUT2D eigenvalue weighted by molar-refractivity contribution is -0.113. The number of carbonyl (C=O) groups is 1. The Morgan fingerprint density at radius 1 is 1.54 bits per heavy atom. The summed E-state index contributed by atoms with van der Waals surface area (Å²) in [4.78, 5) is 10.4. The molecule has 0 aromatic heterocycles. The Kier molecular flexibility index (Phi) is 3.03. The van der Waals surface area contributed by atoms with E-state index in [0.29, 0.717) is 5.56 Å². The molecule has 68 valence electrons. The molecule has 0 unspecified atom stereocenters. The minimum atomic E-state index is -0.555. The molecule has 0 atom stereocenters. The highest BCUT2D eigenvalue weighted by molar-refractivity contribution is 6.30. The molecule has 0 aliphatic carbocycles. The monoisotopic (exact) mass is 199 g/mol. The molecular weight excluding hydrogens is 193 g/mol. The molecular formula is C9H7ClFNO. The Bertz CT molecular complexity index is 363. The molecule has 1 aromatic rings. The van der Waals surface area contributed by atoms with Crippen molar-refractivity contribution in [3.63, 3.8) is 0 Å². The van der Waals surface area contributed by atoms with Crippen LogP contribution in [0.25, 0.3) is 6.08 Å². The topological polar surface area (TPSA) is 43.1 Å². The summed E-state index contributed by atoms with van der Waals surface area (Å²) in [5, 5.41) is 0.0200. The van der Waals surface area contributed by atoms with Gasteiger partial charge in [0.2, 0.25) is 5.91 Å². The van der Waals surface area contributed by atoms with Gasteiger partial charge in [0.15, 0.2) is 0 Å². The molecule has 1 aromatic carbocycles. The predicted molar refractivity (Wildman–Crippen MR) is 49.6 cm³/mol. The highest BCUT2D eigenvalue weighted by Crippen LogP contribution is 2.16. The van der Waals surface area contributed by atoms with Crippen molar-refractivity contribution in [2.45, 2.75) is 0 Å². The van der Waals surface area contributed by atoms with E-state index in [1.165, 1.54) is 30.4 Å². The molecule has 0 aliphatic rings. The van der Waals surface area contributed by atoms with E-state index >= 15 is 0 Å². The molecule has 0 radical (unpaired) electrons. The van der Waals surface area contributed by atoms with E-state index in [0.717, 1.165) is 0 Å². The van der Waals surface area contributed by atoms with Crippen LogP contribution in [0.4, 0.5) is 4.39 Å². The summed E-state index contributed by atoms with van der Waals surface area (Å²) in [6, 6.07) is 4.14. The van der Waals surface area contributed by atoms with Crippen LogP contribution < -0.4 is 5.73 Å². The van der Waals surface area contributed by atoms with Crippen molar-refractivity contribution in [3.05, 3.63) is 40.7 Å². The average Bonchev–Trinajstić information content (AvgIpc) is 2.07. The second-order valence-electron chi connectivity index (χ2n) is 2.41. The Balaban J connectivity index is 2.92. The van der Waals surface area contributed by atoms with Gasteiger partial charge < -0.3 is 5.73 Å². The van der Waals surface area contributed by atoms with Gasteiger partial charge in [0.1, 0.15) is 5.82 Å². The Morgan fingerprint density at radius 3 is 2.77 bits per heavy atom. The maximum absolute atomic E-state index is 12.6. The lowest BCUT2D eigenvalue weighted by Crippen LogP contribution is -2.05. The number of nitrogens with two attached hydrogens (primary N) is 1. The third-order valence-electron chi connectivity index (χ3n) is 1.38. The van der Waals surface area contributed by atoms with Gasteiger partial charge >= 0.3 is 0 Å². The van der Waals surface area contributed by atoms with E-state index < -0.39 is 11.7 Å². The molecule has 0 heterocycles. The first-order valence-electron chi connectivity index (χ1n) is 3.52. The number of primary amides is 1. The lowest BCUT2D eigenvalue weighted by atomic mass is 10.2. The third-order valence-corrected chi connectivity index (χ3v) is 1.67. The molecule has 2 nitrogen and oxygen atoms in total. The van der Waals surface area contributed by atoms with Gasteiger partial charge in [-0.15, -0.1) is 0 Å². The number of amides is 1. The number of rotatable bonds is 2. The second kappa shape index (κ2) is 4.05. The first-order valence-corrected chi connectivity index (χ1v) is 3.90. The van der Waals surface area contributed by atoms with Crippen molar-refractivity contribution >= 4 is 23.6 Å². The molecule has 2 N–H and O–H groups in total. The summed E-state index contributed by atoms with van der Waals surface area (Å²) in [5.74, 6) is -1.04. The van der Waals surface area contributed by atoms with Crippen LogP contribution in [0.5, 0.6) is 0 Å². The van der Waals surface area contributed by atoms with Gasteiger partial charge in [-0.2, -0.15) is 0 Å². The third kappa shape index (κ3) is 2.87. The van der Waals surface area contributed by atoms with Crippen LogP contribution in [-0.2, 0) is 4.79 Å². The summed E-state index contributed by atoms with van der Waals surface area (Å²) >= 11 is 5.50. The van der Waals surface area contributed by atoms with Gasteiger partial charge in [0.25, 0.3) is 0 Å². The minimum Gasteiger partial charge on any atom is -0.366 e. The number of hydrogen-bond donors (Lipinski definition) is 1. The van der Waals surface area contributed by atoms with Crippen LogP contribution in [0.3, 0.4) is 0 Å². The van der Waals surface area contributed by atoms with Crippen molar-refractivity contribution in [2.75, 3.05) is 0 Å². The largest absolute Gasteiger partial charge is 0.366 e. The minimum absolute atomic E-state index is 0.0200. The van der Waals surface area contributed by atoms with Crippen molar-refractivity contribution < 1.29 is 9.18 Å². The summed E-state index contributed by atoms with van der Waals surface area (Å²) in [6.45, 7) is 0. The fourth-order valence-corrected chi connectivity index (χ4v) is 0.983. The highest BCUT2D eigenvalue weighted by Gasteiger charge is 1.98. The van der Waals surface area contributed by atoms with E-state index in [1.54, 1.807) is 0 Å². The van der Waals surface area contributed by atoms with E-state index in [9.17, 15) is 9.18 Å². The quantitative estimate of drug-likeness (QED) is 0.728. The zero-order valence-corrected chi connectivity index (χ0v) is 7.38. The molecule has 0 fully saturated rings. The van der Waals surface area contributed by atoms with E-state index in [-0.39, 0.29) is 5.02 Å². The van der Waals surface area contributed by atoms with Crippen molar-refractivity contribution in [2.24, 2.45) is 5.73 Å². The van der Waals surface area contributed by atoms with Crippen LogP contribution in [0.1, 0.15) is 5.56 Å². The smallest absolute Gasteiger partial charge is 0.241 e. The fraction of sp³-hybridized carbons (Fsp3) is 0. The van der Waals surface area contributed by atoms with E-state index in [2.05, 4.69) is 0 Å². The molecule has 0 aliphatic heterocycles. The Morgan fingerprint density at radius 2 is 2.23 bits per heavy atom. The van der Waals surface area contributed by atoms with Crippen molar-refractivity contribution in [1.82, 2.24) is 0 Å². The normalized spacial score (nSPS) is 10.6. The van der Waals surface area contributed by atoms with Gasteiger partial charge in [0.05, 0.1) is 5.02 Å². The fourth-order valence-electron chi connectivity index (χ4n) is 0.794. The van der Waals surface area contributed by atoms with Crippen molar-refractivity contribution in [1.29, 1.82) is 0 Å². The number of benzene rings is 1. The molecule has 0 saturated heterocycles. The number of halogens is 2. The van der Waals surface area contributed by atoms with Crippen LogP contribution in [0, 0.1) is 5.82 Å². The summed E-state index contributed by atoms with van der Waals surface area (Å²) in [5.41, 5.74) is 5.51. The van der Waals surface area contributed by atoms with E-state index in [1.807, 2.05) is 0 Å². The van der Waals surface area contributed by atoms with Crippen LogP contribution >= 0.6 is 11.6 Å². The first kappa shape index (κ1) is 9.74. The summed E-state index contributed by atoms with van der Waals surface area (Å²) < 4.78 is 12.6. The Hall–Kier alpha value is -1.35. The van der Waals surface area contributed by atoms with Crippen molar-refractivity contribution in [3.8, 4) is 0 Å². The maximum Gasteiger partial charge on any atom is 0.241 e. The highest BCUT2D eigenvalue weighted by atomic mass is 35.5. The van der Waals surface area contributed by atoms with Gasteiger partial charge in [0, 0.05) is 6.08 Å². The van der Waals surface area contributed by atoms with E-state index in [4.69, 9.17) is 17.3 Å². The second-order valence-corrected chi connectivity index (χ2v) is 2.82. The molecule has 0 spiro atoms. The SMILES string of the molecule is NC(=O)/C=C/c1ccc(F)c(Cl)c1. The molecule has 4 heteroatoms. The van der Waals surface area contributed by atoms with Gasteiger partial charge in [-0.05, 0) is 23.8 Å². The summed E-state index contributed by atoms with van der Waals surface area (Å²) in [6.07, 6.45) is 2.65. The maximum atomic E-state index is 12.6.